The summed E-state index contributed by atoms with van der Waals surface area (Å²) in [5.74, 6) is -0.179. The average Bonchev–Trinajstić information content (AvgIpc) is 2.77. The van der Waals surface area contributed by atoms with Crippen molar-refractivity contribution in [3.8, 4) is 0 Å². The second-order valence-corrected chi connectivity index (χ2v) is 5.74. The molecule has 2 rings (SSSR count). The van der Waals surface area contributed by atoms with E-state index in [1.54, 1.807) is 11.3 Å². The third kappa shape index (κ3) is 3.07. The van der Waals surface area contributed by atoms with Crippen LogP contribution in [0.4, 0.5) is 0 Å². The predicted molar refractivity (Wildman–Crippen MR) is 71.2 cm³/mol. The van der Waals surface area contributed by atoms with Crippen molar-refractivity contribution in [3.63, 3.8) is 0 Å². The fourth-order valence-corrected chi connectivity index (χ4v) is 3.53. The molecule has 0 spiro atoms. The number of hydrogen-bond acceptors (Lipinski definition) is 5. The number of methoxy groups -OCH3 is 1. The Kier molecular flexibility index (Phi) is 4.55. The van der Waals surface area contributed by atoms with Gasteiger partial charge in [0.2, 0.25) is 0 Å². The van der Waals surface area contributed by atoms with Crippen LogP contribution in [0.3, 0.4) is 0 Å². The predicted octanol–water partition coefficient (Wildman–Crippen LogP) is 1.63. The molecular weight excluding hydrogens is 304 g/mol. The SMILES string of the molecule is COC(=O)C(c1cc(Br)cs1)N1CCNCC1. The molecule has 1 atom stereocenters. The largest absolute Gasteiger partial charge is 0.468 e. The van der Waals surface area contributed by atoms with Crippen molar-refractivity contribution in [3.05, 3.63) is 20.8 Å². The summed E-state index contributed by atoms with van der Waals surface area (Å²) >= 11 is 5.01. The van der Waals surface area contributed by atoms with Crippen molar-refractivity contribution in [1.82, 2.24) is 10.2 Å². The molecule has 1 fully saturated rings. The summed E-state index contributed by atoms with van der Waals surface area (Å²) in [6.45, 7) is 3.57. The first-order chi connectivity index (χ1) is 8.22. The maximum Gasteiger partial charge on any atom is 0.328 e. The Hall–Kier alpha value is -0.430. The third-order valence-corrected chi connectivity index (χ3v) is 4.54. The van der Waals surface area contributed by atoms with Crippen molar-refractivity contribution in [1.29, 1.82) is 0 Å². The normalized spacial score (nSPS) is 18.9. The molecule has 0 radical (unpaired) electrons. The first kappa shape index (κ1) is 13.0. The molecule has 1 aliphatic heterocycles. The van der Waals surface area contributed by atoms with E-state index in [1.807, 2.05) is 11.4 Å². The Morgan fingerprint density at radius 2 is 2.29 bits per heavy atom. The van der Waals surface area contributed by atoms with Crippen LogP contribution in [0.25, 0.3) is 0 Å². The van der Waals surface area contributed by atoms with Crippen molar-refractivity contribution in [2.75, 3.05) is 33.3 Å². The smallest absolute Gasteiger partial charge is 0.328 e. The number of nitrogens with zero attached hydrogens (tertiary/aromatic N) is 1. The Balaban J connectivity index is 2.21. The van der Waals surface area contributed by atoms with E-state index >= 15 is 0 Å². The van der Waals surface area contributed by atoms with Gasteiger partial charge in [-0.15, -0.1) is 11.3 Å². The first-order valence-corrected chi connectivity index (χ1v) is 7.16. The van der Waals surface area contributed by atoms with Crippen molar-refractivity contribution in [2.45, 2.75) is 6.04 Å². The van der Waals surface area contributed by atoms with Crippen LogP contribution < -0.4 is 5.32 Å². The second-order valence-electron chi connectivity index (χ2n) is 3.88. The lowest BCUT2D eigenvalue weighted by molar-refractivity contribution is -0.147. The Morgan fingerprint density at radius 1 is 1.59 bits per heavy atom. The highest BCUT2D eigenvalue weighted by atomic mass is 79.9. The van der Waals surface area contributed by atoms with Crippen LogP contribution in [0, 0.1) is 0 Å². The van der Waals surface area contributed by atoms with Gasteiger partial charge in [-0.3, -0.25) is 4.90 Å². The molecule has 0 saturated carbocycles. The van der Waals surface area contributed by atoms with Gasteiger partial charge < -0.3 is 10.1 Å². The monoisotopic (exact) mass is 318 g/mol. The minimum absolute atomic E-state index is 0.179. The van der Waals surface area contributed by atoms with E-state index in [1.165, 1.54) is 7.11 Å². The highest BCUT2D eigenvalue weighted by Crippen LogP contribution is 2.30. The Morgan fingerprint density at radius 3 is 2.82 bits per heavy atom. The molecule has 1 aromatic heterocycles. The van der Waals surface area contributed by atoms with E-state index in [2.05, 4.69) is 26.1 Å². The molecule has 94 valence electrons. The number of esters is 1. The maximum absolute atomic E-state index is 11.9. The minimum atomic E-state index is -0.265. The molecule has 1 saturated heterocycles. The van der Waals surface area contributed by atoms with Crippen molar-refractivity contribution >= 4 is 33.2 Å². The van der Waals surface area contributed by atoms with Gasteiger partial charge in [0.05, 0.1) is 7.11 Å². The van der Waals surface area contributed by atoms with Crippen LogP contribution in [0.2, 0.25) is 0 Å². The van der Waals surface area contributed by atoms with Crippen LogP contribution in [-0.2, 0) is 9.53 Å². The van der Waals surface area contributed by atoms with E-state index in [9.17, 15) is 4.79 Å². The summed E-state index contributed by atoms with van der Waals surface area (Å²) in [7, 11) is 1.44. The third-order valence-electron chi connectivity index (χ3n) is 2.80. The summed E-state index contributed by atoms with van der Waals surface area (Å²) in [6.07, 6.45) is 0. The fraction of sp³-hybridized carbons (Fsp3) is 0.545. The number of carbonyl (C=O) groups excluding carboxylic acids is 1. The molecule has 0 amide bonds. The fourth-order valence-electron chi connectivity index (χ4n) is 1.97. The number of carbonyl (C=O) groups is 1. The lowest BCUT2D eigenvalue weighted by atomic mass is 10.2. The summed E-state index contributed by atoms with van der Waals surface area (Å²) in [5, 5.41) is 5.28. The molecular formula is C11H15BrN2O2S. The number of ether oxygens (including phenoxy) is 1. The maximum atomic E-state index is 11.9. The van der Waals surface area contributed by atoms with E-state index in [4.69, 9.17) is 4.74 Å². The molecule has 1 N–H and O–H groups in total. The number of thiophene rings is 1. The van der Waals surface area contributed by atoms with Crippen LogP contribution in [0.15, 0.2) is 15.9 Å². The average molecular weight is 319 g/mol. The number of rotatable bonds is 3. The number of nitrogens with one attached hydrogen (secondary N) is 1. The van der Waals surface area contributed by atoms with E-state index < -0.39 is 0 Å². The highest BCUT2D eigenvalue weighted by Gasteiger charge is 2.30. The summed E-state index contributed by atoms with van der Waals surface area (Å²) in [4.78, 5) is 15.1. The van der Waals surface area contributed by atoms with Gasteiger partial charge in [-0.2, -0.15) is 0 Å². The molecule has 2 heterocycles. The number of hydrogen-bond donors (Lipinski definition) is 1. The van der Waals surface area contributed by atoms with Gasteiger partial charge in [-0.1, -0.05) is 0 Å². The molecule has 6 heteroatoms. The summed E-state index contributed by atoms with van der Waals surface area (Å²) in [5.41, 5.74) is 0. The molecule has 0 bridgehead atoms. The minimum Gasteiger partial charge on any atom is -0.468 e. The molecule has 1 aliphatic rings. The highest BCUT2D eigenvalue weighted by molar-refractivity contribution is 9.10. The van der Waals surface area contributed by atoms with E-state index in [0.717, 1.165) is 35.5 Å². The lowest BCUT2D eigenvalue weighted by Gasteiger charge is -2.32. The van der Waals surface area contributed by atoms with Gasteiger partial charge in [-0.05, 0) is 22.0 Å². The van der Waals surface area contributed by atoms with E-state index in [0.29, 0.717) is 0 Å². The first-order valence-electron chi connectivity index (χ1n) is 5.49. The standard InChI is InChI=1S/C11H15BrN2O2S/c1-16-11(15)10(9-6-8(12)7-17-9)14-4-2-13-3-5-14/h6-7,10,13H,2-5H2,1H3. The lowest BCUT2D eigenvalue weighted by Crippen LogP contribution is -2.47. The summed E-state index contributed by atoms with van der Waals surface area (Å²) < 4.78 is 5.93. The van der Waals surface area contributed by atoms with Crippen molar-refractivity contribution in [2.24, 2.45) is 0 Å². The molecule has 1 unspecified atom stereocenters. The molecule has 17 heavy (non-hydrogen) atoms. The van der Waals surface area contributed by atoms with Gasteiger partial charge in [0, 0.05) is 40.9 Å². The van der Waals surface area contributed by atoms with E-state index in [-0.39, 0.29) is 12.0 Å². The molecule has 1 aromatic rings. The van der Waals surface area contributed by atoms with Gasteiger partial charge in [0.15, 0.2) is 0 Å². The zero-order valence-corrected chi connectivity index (χ0v) is 12.0. The van der Waals surface area contributed by atoms with Crippen molar-refractivity contribution < 1.29 is 9.53 Å². The Labute approximate surface area is 113 Å². The van der Waals surface area contributed by atoms with Gasteiger partial charge in [-0.25, -0.2) is 4.79 Å². The zero-order valence-electron chi connectivity index (χ0n) is 9.61. The van der Waals surface area contributed by atoms with Crippen LogP contribution >= 0.6 is 27.3 Å². The number of halogens is 1. The van der Waals surface area contributed by atoms with Crippen LogP contribution in [0.5, 0.6) is 0 Å². The van der Waals surface area contributed by atoms with Gasteiger partial charge in [0.1, 0.15) is 6.04 Å². The number of piperazine rings is 1. The van der Waals surface area contributed by atoms with Crippen LogP contribution in [-0.4, -0.2) is 44.2 Å². The second kappa shape index (κ2) is 5.95. The quantitative estimate of drug-likeness (QED) is 0.860. The molecule has 0 aromatic carbocycles. The Bertz CT molecular complexity index is 391. The molecule has 0 aliphatic carbocycles. The zero-order chi connectivity index (χ0) is 12.3. The van der Waals surface area contributed by atoms with Crippen LogP contribution in [0.1, 0.15) is 10.9 Å². The van der Waals surface area contributed by atoms with Gasteiger partial charge in [0.25, 0.3) is 0 Å². The van der Waals surface area contributed by atoms with Gasteiger partial charge >= 0.3 is 5.97 Å². The molecule has 4 nitrogen and oxygen atoms in total. The topological polar surface area (TPSA) is 41.6 Å². The summed E-state index contributed by atoms with van der Waals surface area (Å²) in [6, 6.07) is 1.73.